The van der Waals surface area contributed by atoms with Crippen LogP contribution in [0.25, 0.3) is 0 Å². The number of fused-ring (bicyclic) bond motifs is 7. The lowest BCUT2D eigenvalue weighted by Crippen LogP contribution is -2.54. The van der Waals surface area contributed by atoms with E-state index in [9.17, 15) is 9.59 Å². The van der Waals surface area contributed by atoms with Gasteiger partial charge in [0, 0.05) is 44.4 Å². The highest BCUT2D eigenvalue weighted by Crippen LogP contribution is 2.70. The molecule has 11 atom stereocenters. The Kier molecular flexibility index (Phi) is 6.00. The maximum atomic E-state index is 12.2. The minimum atomic E-state index is -0.401. The fourth-order valence-electron chi connectivity index (χ4n) is 9.72. The van der Waals surface area contributed by atoms with Crippen LogP contribution in [0.1, 0.15) is 86.5 Å². The lowest BCUT2D eigenvalue weighted by molar-refractivity contribution is -0.271. The van der Waals surface area contributed by atoms with Crippen LogP contribution in [0, 0.1) is 40.4 Å². The molecular formula is C31H44O6. The summed E-state index contributed by atoms with van der Waals surface area (Å²) in [6.07, 6.45) is 11.0. The molecule has 6 heteroatoms. The van der Waals surface area contributed by atoms with Crippen molar-refractivity contribution in [2.45, 2.75) is 111 Å². The summed E-state index contributed by atoms with van der Waals surface area (Å²) >= 11 is 0. The van der Waals surface area contributed by atoms with Crippen molar-refractivity contribution in [3.8, 4) is 0 Å². The third-order valence-electron chi connectivity index (χ3n) is 11.5. The molecular weight excluding hydrogens is 468 g/mol. The van der Waals surface area contributed by atoms with Gasteiger partial charge in [-0.2, -0.15) is 0 Å². The predicted octanol–water partition coefficient (Wildman–Crippen LogP) is 5.75. The highest BCUT2D eigenvalue weighted by molar-refractivity contribution is 5.67. The van der Waals surface area contributed by atoms with Gasteiger partial charge in [0.05, 0.1) is 12.7 Å². The Morgan fingerprint density at radius 1 is 0.973 bits per heavy atom. The molecule has 4 aliphatic carbocycles. The topological polar surface area (TPSA) is 71.1 Å². The van der Waals surface area contributed by atoms with Gasteiger partial charge in [-0.3, -0.25) is 9.59 Å². The Balaban J connectivity index is 1.31. The Bertz CT molecular complexity index is 1040. The number of carbonyl (C=O) groups is 2. The van der Waals surface area contributed by atoms with Gasteiger partial charge >= 0.3 is 11.9 Å². The van der Waals surface area contributed by atoms with Gasteiger partial charge in [-0.25, -0.2) is 0 Å². The molecule has 0 N–H and O–H groups in total. The van der Waals surface area contributed by atoms with Crippen LogP contribution in [-0.4, -0.2) is 42.6 Å². The molecule has 0 amide bonds. The Labute approximate surface area is 221 Å². The fourth-order valence-corrected chi connectivity index (χ4v) is 9.72. The summed E-state index contributed by atoms with van der Waals surface area (Å²) in [5, 5.41) is 0. The van der Waals surface area contributed by atoms with E-state index in [1.54, 1.807) is 0 Å². The van der Waals surface area contributed by atoms with Crippen molar-refractivity contribution >= 4 is 11.9 Å². The number of allylic oxidation sites excluding steroid dienone is 3. The van der Waals surface area contributed by atoms with Crippen molar-refractivity contribution in [3.63, 3.8) is 0 Å². The van der Waals surface area contributed by atoms with Crippen molar-refractivity contribution in [2.75, 3.05) is 6.61 Å². The van der Waals surface area contributed by atoms with Crippen molar-refractivity contribution < 1.29 is 28.5 Å². The summed E-state index contributed by atoms with van der Waals surface area (Å²) in [5.74, 6) is 1.32. The summed E-state index contributed by atoms with van der Waals surface area (Å²) in [4.78, 5) is 23.9. The SMILES string of the molecule is CC(=O)O[C@H]1CC2=CC=C3[C@@H]4C[C@@H]5O[C@]6(CC[C@@H](C)CO6)[C@@H](C)[C@@H]5[C@@]4(C)CC[C@@H]3[C@@]2(C)[C@@H](OC(C)=O)C1. The minimum Gasteiger partial charge on any atom is -0.462 e. The minimum absolute atomic E-state index is 0.177. The van der Waals surface area contributed by atoms with E-state index in [2.05, 4.69) is 39.8 Å². The van der Waals surface area contributed by atoms with E-state index in [1.807, 2.05) is 0 Å². The molecule has 0 aromatic rings. The van der Waals surface area contributed by atoms with Crippen LogP contribution in [0.4, 0.5) is 0 Å². The van der Waals surface area contributed by atoms with Crippen molar-refractivity contribution in [3.05, 3.63) is 23.3 Å². The van der Waals surface area contributed by atoms with Gasteiger partial charge in [0.15, 0.2) is 5.79 Å². The number of hydrogen-bond acceptors (Lipinski definition) is 6. The Morgan fingerprint density at radius 3 is 2.41 bits per heavy atom. The molecule has 0 aromatic heterocycles. The van der Waals surface area contributed by atoms with Gasteiger partial charge in [-0.15, -0.1) is 0 Å². The zero-order valence-electron chi connectivity index (χ0n) is 23.4. The second kappa shape index (κ2) is 8.67. The second-order valence-electron chi connectivity index (χ2n) is 13.5. The van der Waals surface area contributed by atoms with Crippen molar-refractivity contribution in [2.24, 2.45) is 40.4 Å². The number of carbonyl (C=O) groups excluding carboxylic acids is 2. The quantitative estimate of drug-likeness (QED) is 0.439. The van der Waals surface area contributed by atoms with E-state index in [0.717, 1.165) is 32.3 Å². The van der Waals surface area contributed by atoms with Crippen LogP contribution in [0.5, 0.6) is 0 Å². The van der Waals surface area contributed by atoms with E-state index in [4.69, 9.17) is 18.9 Å². The van der Waals surface area contributed by atoms with Crippen LogP contribution in [0.3, 0.4) is 0 Å². The van der Waals surface area contributed by atoms with Gasteiger partial charge < -0.3 is 18.9 Å². The van der Waals surface area contributed by atoms with E-state index in [1.165, 1.54) is 31.4 Å². The average Bonchev–Trinajstić information content (AvgIpc) is 3.26. The highest BCUT2D eigenvalue weighted by Gasteiger charge is 2.68. The van der Waals surface area contributed by atoms with Gasteiger partial charge in [0.2, 0.25) is 0 Å². The largest absolute Gasteiger partial charge is 0.462 e. The maximum absolute atomic E-state index is 12.2. The van der Waals surface area contributed by atoms with Gasteiger partial charge in [0.25, 0.3) is 0 Å². The van der Waals surface area contributed by atoms with Crippen LogP contribution < -0.4 is 0 Å². The molecule has 2 aliphatic heterocycles. The Hall–Kier alpha value is -1.66. The number of rotatable bonds is 2. The first-order chi connectivity index (χ1) is 17.5. The molecule has 3 saturated carbocycles. The van der Waals surface area contributed by atoms with Crippen LogP contribution in [-0.2, 0) is 28.5 Å². The molecule has 2 heterocycles. The Morgan fingerprint density at radius 2 is 1.73 bits per heavy atom. The van der Waals surface area contributed by atoms with E-state index in [0.29, 0.717) is 42.4 Å². The fraction of sp³-hybridized carbons (Fsp3) is 0.806. The smallest absolute Gasteiger partial charge is 0.302 e. The van der Waals surface area contributed by atoms with E-state index >= 15 is 0 Å². The molecule has 37 heavy (non-hydrogen) atoms. The van der Waals surface area contributed by atoms with Crippen LogP contribution in [0.15, 0.2) is 23.3 Å². The summed E-state index contributed by atoms with van der Waals surface area (Å²) in [7, 11) is 0. The number of hydrogen-bond donors (Lipinski definition) is 0. The first kappa shape index (κ1) is 25.6. The first-order valence-electron chi connectivity index (χ1n) is 14.5. The molecule has 0 radical (unpaired) electrons. The van der Waals surface area contributed by atoms with Crippen LogP contribution in [0.2, 0.25) is 0 Å². The van der Waals surface area contributed by atoms with Gasteiger partial charge in [0.1, 0.15) is 12.2 Å². The molecule has 0 bridgehead atoms. The monoisotopic (exact) mass is 512 g/mol. The molecule has 6 aliphatic rings. The summed E-state index contributed by atoms with van der Waals surface area (Å²) < 4.78 is 25.0. The molecule has 5 fully saturated rings. The number of esters is 2. The highest BCUT2D eigenvalue weighted by atomic mass is 16.7. The lowest BCUT2D eigenvalue weighted by Gasteiger charge is -2.57. The zero-order chi connectivity index (χ0) is 26.3. The van der Waals surface area contributed by atoms with Crippen molar-refractivity contribution in [1.82, 2.24) is 0 Å². The van der Waals surface area contributed by atoms with Crippen LogP contribution >= 0.6 is 0 Å². The average molecular weight is 513 g/mol. The lowest BCUT2D eigenvalue weighted by atomic mass is 9.49. The standard InChI is InChI=1S/C31H44O6/c1-17-9-12-31(34-16-17)18(2)28-26(37-31)15-25-23-8-7-21-13-22(35-19(3)32)14-27(36-20(4)33)30(21,6)24(23)10-11-29(25,28)5/h7-8,17-18,22,24-28H,9-16H2,1-6H3/t17-,18+,22+,24+,25+,26+,27+,28+,29+,30+,31-/m1/s1. The second-order valence-corrected chi connectivity index (χ2v) is 13.5. The molecule has 0 aromatic carbocycles. The van der Waals surface area contributed by atoms with E-state index in [-0.39, 0.29) is 41.1 Å². The normalized spacial score (nSPS) is 50.2. The van der Waals surface area contributed by atoms with Gasteiger partial charge in [-0.05, 0) is 54.8 Å². The molecule has 204 valence electrons. The number of ether oxygens (including phenoxy) is 4. The molecule has 1 spiro atoms. The van der Waals surface area contributed by atoms with Crippen molar-refractivity contribution in [1.29, 1.82) is 0 Å². The molecule has 6 rings (SSSR count). The maximum Gasteiger partial charge on any atom is 0.302 e. The summed E-state index contributed by atoms with van der Waals surface area (Å²) in [5.41, 5.74) is 2.66. The third-order valence-corrected chi connectivity index (χ3v) is 11.5. The zero-order valence-corrected chi connectivity index (χ0v) is 23.4. The summed E-state index contributed by atoms with van der Waals surface area (Å²) in [6, 6.07) is 0. The van der Waals surface area contributed by atoms with Gasteiger partial charge in [-0.1, -0.05) is 51.0 Å². The molecule has 2 saturated heterocycles. The molecule has 6 nitrogen and oxygen atoms in total. The summed E-state index contributed by atoms with van der Waals surface area (Å²) in [6.45, 7) is 13.2. The van der Waals surface area contributed by atoms with E-state index < -0.39 is 5.79 Å². The molecule has 0 unspecified atom stereocenters. The predicted molar refractivity (Wildman–Crippen MR) is 138 cm³/mol. The first-order valence-corrected chi connectivity index (χ1v) is 14.5. The third kappa shape index (κ3) is 3.71.